The van der Waals surface area contributed by atoms with Gasteiger partial charge in [0.1, 0.15) is 5.69 Å². The van der Waals surface area contributed by atoms with Gasteiger partial charge in [-0.25, -0.2) is 4.79 Å². The lowest BCUT2D eigenvalue weighted by atomic mass is 10.1. The minimum Gasteiger partial charge on any atom is -0.478 e. The number of aryl methyl sites for hydroxylation is 1. The van der Waals surface area contributed by atoms with E-state index in [0.29, 0.717) is 10.2 Å². The zero-order valence-corrected chi connectivity index (χ0v) is 14.4. The second-order valence-corrected chi connectivity index (χ2v) is 6.61. The van der Waals surface area contributed by atoms with Gasteiger partial charge < -0.3 is 20.5 Å². The van der Waals surface area contributed by atoms with E-state index in [-0.39, 0.29) is 23.7 Å². The summed E-state index contributed by atoms with van der Waals surface area (Å²) in [5.41, 5.74) is 2.78. The maximum Gasteiger partial charge on any atom is 0.338 e. The average Bonchev–Trinajstić information content (AvgIpc) is 3.19. The number of benzene rings is 1. The molecule has 0 aliphatic carbocycles. The molecule has 2 aromatic heterocycles. The van der Waals surface area contributed by atoms with E-state index in [2.05, 4.69) is 17.2 Å². The predicted octanol–water partition coefficient (Wildman–Crippen LogP) is 2.95. The average molecular weight is 358 g/mol. The van der Waals surface area contributed by atoms with E-state index in [9.17, 15) is 14.7 Å². The van der Waals surface area contributed by atoms with Gasteiger partial charge in [-0.15, -0.1) is 11.3 Å². The molecule has 1 aromatic carbocycles. The van der Waals surface area contributed by atoms with Crippen LogP contribution in [0.2, 0.25) is 0 Å². The Morgan fingerprint density at radius 3 is 2.64 bits per heavy atom. The van der Waals surface area contributed by atoms with Crippen LogP contribution in [0.3, 0.4) is 0 Å². The number of carboxylic acids is 1. The Morgan fingerprint density at radius 1 is 1.28 bits per heavy atom. The molecule has 7 heteroatoms. The number of nitrogens with one attached hydrogen (secondary N) is 2. The molecular formula is C18H18N2O4S. The minimum absolute atomic E-state index is 0.0722. The van der Waals surface area contributed by atoms with Crippen LogP contribution in [-0.2, 0) is 6.42 Å². The second-order valence-electron chi connectivity index (χ2n) is 5.70. The molecule has 0 bridgehead atoms. The Balaban J connectivity index is 1.66. The highest BCUT2D eigenvalue weighted by Crippen LogP contribution is 2.26. The number of aromatic nitrogens is 1. The van der Waals surface area contributed by atoms with Gasteiger partial charge in [-0.05, 0) is 23.6 Å². The summed E-state index contributed by atoms with van der Waals surface area (Å²) in [6.07, 6.45) is 0.121. The van der Waals surface area contributed by atoms with Gasteiger partial charge in [-0.1, -0.05) is 31.2 Å². The van der Waals surface area contributed by atoms with Crippen molar-refractivity contribution in [3.05, 3.63) is 58.1 Å². The third kappa shape index (κ3) is 3.57. The van der Waals surface area contributed by atoms with Crippen molar-refractivity contribution < 1.29 is 19.8 Å². The van der Waals surface area contributed by atoms with Gasteiger partial charge in [0.25, 0.3) is 5.91 Å². The molecule has 0 saturated carbocycles. The Kier molecular flexibility index (Phi) is 4.87. The molecule has 130 valence electrons. The molecule has 1 unspecified atom stereocenters. The van der Waals surface area contributed by atoms with Crippen LogP contribution in [0.4, 0.5) is 0 Å². The Bertz CT molecular complexity index is 911. The smallest absolute Gasteiger partial charge is 0.338 e. The Morgan fingerprint density at radius 2 is 2.00 bits per heavy atom. The van der Waals surface area contributed by atoms with E-state index in [0.717, 1.165) is 12.0 Å². The lowest BCUT2D eigenvalue weighted by molar-refractivity contribution is 0.0699. The molecule has 1 atom stereocenters. The van der Waals surface area contributed by atoms with Gasteiger partial charge >= 0.3 is 5.97 Å². The van der Waals surface area contributed by atoms with E-state index in [4.69, 9.17) is 5.11 Å². The number of fused-ring (bicyclic) bond motifs is 1. The lowest BCUT2D eigenvalue weighted by Crippen LogP contribution is -2.28. The van der Waals surface area contributed by atoms with Gasteiger partial charge in [-0.3, -0.25) is 4.79 Å². The molecule has 0 saturated heterocycles. The quantitative estimate of drug-likeness (QED) is 0.544. The van der Waals surface area contributed by atoms with Crippen molar-refractivity contribution in [3.8, 4) is 0 Å². The Labute approximate surface area is 148 Å². The maximum atomic E-state index is 12.2. The number of carboxylic acid groups (broad SMARTS) is 1. The van der Waals surface area contributed by atoms with Crippen molar-refractivity contribution in [2.24, 2.45) is 0 Å². The molecule has 0 fully saturated rings. The summed E-state index contributed by atoms with van der Waals surface area (Å²) in [4.78, 5) is 26.2. The summed E-state index contributed by atoms with van der Waals surface area (Å²) in [6.45, 7) is 2.13. The SMILES string of the molecule is CCc1ccc(C(O)CNC(=O)c2cc3scc(C(=O)O)c3[nH]2)cc1. The Hall–Kier alpha value is -2.64. The fourth-order valence-electron chi connectivity index (χ4n) is 2.57. The number of amides is 1. The standard InChI is InChI=1S/C18H18N2O4S/c1-2-10-3-5-11(6-4-10)14(21)8-19-17(22)13-7-15-16(20-13)12(9-25-15)18(23)24/h3-7,9,14,20-21H,2,8H2,1H3,(H,19,22)(H,23,24). The maximum absolute atomic E-state index is 12.2. The summed E-state index contributed by atoms with van der Waals surface area (Å²) >= 11 is 1.26. The first-order chi connectivity index (χ1) is 12.0. The zero-order chi connectivity index (χ0) is 18.0. The highest BCUT2D eigenvalue weighted by atomic mass is 32.1. The molecule has 0 radical (unpaired) electrons. The molecule has 4 N–H and O–H groups in total. The minimum atomic E-state index is -1.04. The van der Waals surface area contributed by atoms with Crippen LogP contribution in [0.25, 0.3) is 10.2 Å². The number of hydrogen-bond donors (Lipinski definition) is 4. The first-order valence-electron chi connectivity index (χ1n) is 7.88. The van der Waals surface area contributed by atoms with E-state index in [1.165, 1.54) is 22.3 Å². The molecule has 2 heterocycles. The summed E-state index contributed by atoms with van der Waals surface area (Å²) in [5, 5.41) is 23.5. The van der Waals surface area contributed by atoms with Crippen molar-refractivity contribution in [1.29, 1.82) is 0 Å². The van der Waals surface area contributed by atoms with Gasteiger partial charge in [-0.2, -0.15) is 0 Å². The molecular weight excluding hydrogens is 340 g/mol. The largest absolute Gasteiger partial charge is 0.478 e. The van der Waals surface area contributed by atoms with Crippen LogP contribution >= 0.6 is 11.3 Å². The summed E-state index contributed by atoms with van der Waals surface area (Å²) in [7, 11) is 0. The van der Waals surface area contributed by atoms with Crippen molar-refractivity contribution in [1.82, 2.24) is 10.3 Å². The first kappa shape index (κ1) is 17.2. The van der Waals surface area contributed by atoms with Crippen LogP contribution in [0.5, 0.6) is 0 Å². The summed E-state index contributed by atoms with van der Waals surface area (Å²) in [5.74, 6) is -1.42. The fourth-order valence-corrected chi connectivity index (χ4v) is 3.50. The normalized spacial score (nSPS) is 12.2. The van der Waals surface area contributed by atoms with E-state index < -0.39 is 12.1 Å². The topological polar surface area (TPSA) is 102 Å². The van der Waals surface area contributed by atoms with Crippen LogP contribution in [-0.4, -0.2) is 33.6 Å². The third-order valence-electron chi connectivity index (χ3n) is 4.06. The van der Waals surface area contributed by atoms with Crippen LogP contribution in [0.1, 0.15) is 45.0 Å². The summed E-state index contributed by atoms with van der Waals surface area (Å²) < 4.78 is 0.707. The van der Waals surface area contributed by atoms with Gasteiger partial charge in [0.15, 0.2) is 0 Å². The number of carbonyl (C=O) groups is 2. The highest BCUT2D eigenvalue weighted by molar-refractivity contribution is 7.17. The number of aromatic amines is 1. The molecule has 1 amide bonds. The second kappa shape index (κ2) is 7.08. The molecule has 3 rings (SSSR count). The van der Waals surface area contributed by atoms with Crippen LogP contribution < -0.4 is 5.32 Å². The highest BCUT2D eigenvalue weighted by Gasteiger charge is 2.17. The van der Waals surface area contributed by atoms with Gasteiger partial charge in [0.05, 0.1) is 21.9 Å². The predicted molar refractivity (Wildman–Crippen MR) is 96.2 cm³/mol. The third-order valence-corrected chi connectivity index (χ3v) is 4.99. The van der Waals surface area contributed by atoms with Gasteiger partial charge in [0.2, 0.25) is 0 Å². The fraction of sp³-hybridized carbons (Fsp3) is 0.222. The number of H-pyrrole nitrogens is 1. The zero-order valence-electron chi connectivity index (χ0n) is 13.6. The van der Waals surface area contributed by atoms with Crippen LogP contribution in [0.15, 0.2) is 35.7 Å². The first-order valence-corrected chi connectivity index (χ1v) is 8.76. The molecule has 0 spiro atoms. The monoisotopic (exact) mass is 358 g/mol. The van der Waals surface area contributed by atoms with E-state index >= 15 is 0 Å². The number of rotatable bonds is 6. The molecule has 3 aromatic rings. The van der Waals surface area contributed by atoms with E-state index in [1.54, 1.807) is 6.07 Å². The number of aromatic carboxylic acids is 1. The molecule has 0 aliphatic rings. The lowest BCUT2D eigenvalue weighted by Gasteiger charge is -2.12. The molecule has 25 heavy (non-hydrogen) atoms. The van der Waals surface area contributed by atoms with Crippen molar-refractivity contribution in [2.45, 2.75) is 19.4 Å². The van der Waals surface area contributed by atoms with Gasteiger partial charge in [0, 0.05) is 11.9 Å². The summed E-state index contributed by atoms with van der Waals surface area (Å²) in [6, 6.07) is 9.21. The number of aliphatic hydroxyl groups excluding tert-OH is 1. The van der Waals surface area contributed by atoms with E-state index in [1.807, 2.05) is 24.3 Å². The van der Waals surface area contributed by atoms with Crippen molar-refractivity contribution in [2.75, 3.05) is 6.54 Å². The number of hydrogen-bond acceptors (Lipinski definition) is 4. The molecule has 6 nitrogen and oxygen atoms in total. The van der Waals surface area contributed by atoms with Crippen molar-refractivity contribution >= 4 is 33.4 Å². The molecule has 0 aliphatic heterocycles. The number of aliphatic hydroxyl groups is 1. The van der Waals surface area contributed by atoms with Crippen LogP contribution in [0, 0.1) is 0 Å². The van der Waals surface area contributed by atoms with Crippen molar-refractivity contribution in [3.63, 3.8) is 0 Å². The number of thiophene rings is 1. The number of carbonyl (C=O) groups excluding carboxylic acids is 1.